The Labute approximate surface area is 134 Å². The first-order valence-corrected chi connectivity index (χ1v) is 8.84. The fraction of sp³-hybridized carbons (Fsp3) is 0.833. The summed E-state index contributed by atoms with van der Waals surface area (Å²) >= 11 is 0. The van der Waals surface area contributed by atoms with Crippen LogP contribution in [0.15, 0.2) is 17.9 Å². The molecule has 1 saturated carbocycles. The first-order valence-electron chi connectivity index (χ1n) is 8.84. The van der Waals surface area contributed by atoms with Crippen molar-refractivity contribution in [2.24, 2.45) is 5.92 Å². The number of hydrogen-bond donors (Lipinski definition) is 1. The highest BCUT2D eigenvalue weighted by Crippen LogP contribution is 2.41. The number of rotatable bonds is 3. The van der Waals surface area contributed by atoms with E-state index in [1.807, 2.05) is 6.08 Å². The molecule has 0 aromatic carbocycles. The van der Waals surface area contributed by atoms with Gasteiger partial charge >= 0.3 is 0 Å². The lowest BCUT2D eigenvalue weighted by Gasteiger charge is -2.50. The fourth-order valence-electron chi connectivity index (χ4n) is 4.28. The van der Waals surface area contributed by atoms with Gasteiger partial charge in [0.15, 0.2) is 0 Å². The van der Waals surface area contributed by atoms with E-state index in [1.165, 1.54) is 19.3 Å². The zero-order valence-electron chi connectivity index (χ0n) is 13.8. The highest BCUT2D eigenvalue weighted by atomic mass is 16.5. The van der Waals surface area contributed by atoms with E-state index >= 15 is 0 Å². The van der Waals surface area contributed by atoms with E-state index in [2.05, 4.69) is 28.7 Å². The van der Waals surface area contributed by atoms with Crippen molar-refractivity contribution in [2.45, 2.75) is 43.7 Å². The predicted molar refractivity (Wildman–Crippen MR) is 87.9 cm³/mol. The molecule has 1 N–H and O–H groups in total. The second-order valence-corrected chi connectivity index (χ2v) is 7.11. The van der Waals surface area contributed by atoms with Crippen LogP contribution in [0.4, 0.5) is 0 Å². The van der Waals surface area contributed by atoms with Gasteiger partial charge in [-0.15, -0.1) is 5.73 Å². The Morgan fingerprint density at radius 2 is 2.00 bits per heavy atom. The van der Waals surface area contributed by atoms with Gasteiger partial charge in [-0.1, -0.05) is 12.8 Å². The number of aliphatic hydroxyl groups is 1. The highest BCUT2D eigenvalue weighted by molar-refractivity contribution is 5.11. The Hall–Kier alpha value is -0.640. The SMILES string of the molecule is CN1CCC(O)(C=C=CCN2CCOCC2)C2CCCCC21. The molecule has 4 nitrogen and oxygen atoms in total. The number of nitrogens with zero attached hydrogens (tertiary/aromatic N) is 2. The summed E-state index contributed by atoms with van der Waals surface area (Å²) in [5.41, 5.74) is 2.64. The molecule has 0 aromatic rings. The molecule has 2 saturated heterocycles. The standard InChI is InChI=1S/C18H30N2O2/c1-19-11-9-18(21,16-6-2-3-7-17(16)19)8-4-5-10-20-12-14-22-15-13-20/h5,8,16-17,21H,2-3,6-7,9-15H2,1H3. The molecular weight excluding hydrogens is 276 g/mol. The van der Waals surface area contributed by atoms with Crippen molar-refractivity contribution in [3.63, 3.8) is 0 Å². The van der Waals surface area contributed by atoms with Gasteiger partial charge in [-0.05, 0) is 38.5 Å². The van der Waals surface area contributed by atoms with Crippen LogP contribution < -0.4 is 0 Å². The minimum atomic E-state index is -0.654. The Kier molecular flexibility index (Phi) is 5.37. The molecule has 0 aromatic heterocycles. The summed E-state index contributed by atoms with van der Waals surface area (Å²) < 4.78 is 5.36. The normalized spacial score (nSPS) is 37.2. The lowest BCUT2D eigenvalue weighted by molar-refractivity contribution is -0.0763. The lowest BCUT2D eigenvalue weighted by atomic mass is 9.69. The van der Waals surface area contributed by atoms with Crippen molar-refractivity contribution < 1.29 is 9.84 Å². The smallest absolute Gasteiger partial charge is 0.0955 e. The van der Waals surface area contributed by atoms with E-state index in [0.29, 0.717) is 12.0 Å². The summed E-state index contributed by atoms with van der Waals surface area (Å²) in [7, 11) is 2.21. The minimum absolute atomic E-state index is 0.379. The number of morpholine rings is 1. The van der Waals surface area contributed by atoms with Gasteiger partial charge in [-0.25, -0.2) is 0 Å². The molecule has 3 atom stereocenters. The molecule has 3 fully saturated rings. The first-order chi connectivity index (χ1) is 10.7. The molecule has 0 spiro atoms. The molecule has 0 amide bonds. The molecule has 2 aliphatic heterocycles. The van der Waals surface area contributed by atoms with E-state index in [0.717, 1.165) is 52.2 Å². The predicted octanol–water partition coefficient (Wildman–Crippen LogP) is 1.66. The maximum atomic E-state index is 11.1. The number of likely N-dealkylation sites (tertiary alicyclic amines) is 1. The second-order valence-electron chi connectivity index (χ2n) is 7.11. The van der Waals surface area contributed by atoms with Gasteiger partial charge in [-0.2, -0.15) is 0 Å². The van der Waals surface area contributed by atoms with Crippen LogP contribution in [0, 0.1) is 5.92 Å². The topological polar surface area (TPSA) is 35.9 Å². The minimum Gasteiger partial charge on any atom is -0.385 e. The third-order valence-electron chi connectivity index (χ3n) is 5.71. The van der Waals surface area contributed by atoms with Crippen molar-refractivity contribution in [3.05, 3.63) is 17.9 Å². The number of piperidine rings is 1. The van der Waals surface area contributed by atoms with Crippen LogP contribution >= 0.6 is 0 Å². The van der Waals surface area contributed by atoms with Crippen molar-refractivity contribution in [3.8, 4) is 0 Å². The molecule has 1 aliphatic carbocycles. The van der Waals surface area contributed by atoms with Gasteiger partial charge in [-0.3, -0.25) is 4.90 Å². The third-order valence-corrected chi connectivity index (χ3v) is 5.71. The van der Waals surface area contributed by atoms with Crippen LogP contribution in [0.2, 0.25) is 0 Å². The van der Waals surface area contributed by atoms with Gasteiger partial charge in [0, 0.05) is 38.1 Å². The van der Waals surface area contributed by atoms with Crippen LogP contribution in [0.25, 0.3) is 0 Å². The van der Waals surface area contributed by atoms with E-state index in [9.17, 15) is 5.11 Å². The molecule has 3 unspecified atom stereocenters. The zero-order chi connectivity index (χ0) is 15.4. The molecule has 124 valence electrons. The Bertz CT molecular complexity index is 427. The average molecular weight is 306 g/mol. The van der Waals surface area contributed by atoms with Crippen molar-refractivity contribution in [1.82, 2.24) is 9.80 Å². The van der Waals surface area contributed by atoms with E-state index in [-0.39, 0.29) is 0 Å². The Morgan fingerprint density at radius 1 is 1.23 bits per heavy atom. The molecule has 3 aliphatic rings. The number of hydrogen-bond acceptors (Lipinski definition) is 4. The third kappa shape index (κ3) is 3.64. The summed E-state index contributed by atoms with van der Waals surface area (Å²) in [6.07, 6.45) is 9.80. The quantitative estimate of drug-likeness (QED) is 0.805. The van der Waals surface area contributed by atoms with Crippen molar-refractivity contribution >= 4 is 0 Å². The van der Waals surface area contributed by atoms with Crippen molar-refractivity contribution in [2.75, 3.05) is 46.4 Å². The fourth-order valence-corrected chi connectivity index (χ4v) is 4.28. The first kappa shape index (κ1) is 16.2. The number of fused-ring (bicyclic) bond motifs is 1. The van der Waals surface area contributed by atoms with Crippen LogP contribution in [0.5, 0.6) is 0 Å². The summed E-state index contributed by atoms with van der Waals surface area (Å²) in [4.78, 5) is 4.82. The van der Waals surface area contributed by atoms with Crippen LogP contribution in [0.1, 0.15) is 32.1 Å². The summed E-state index contributed by atoms with van der Waals surface area (Å²) in [5, 5.41) is 11.1. The molecule has 0 bridgehead atoms. The summed E-state index contributed by atoms with van der Waals surface area (Å²) in [5.74, 6) is 0.379. The van der Waals surface area contributed by atoms with Gasteiger partial charge in [0.05, 0.1) is 18.8 Å². The van der Waals surface area contributed by atoms with Crippen molar-refractivity contribution in [1.29, 1.82) is 0 Å². The summed E-state index contributed by atoms with van der Waals surface area (Å²) in [6.45, 7) is 5.55. The van der Waals surface area contributed by atoms with E-state index in [4.69, 9.17) is 4.74 Å². The molecule has 22 heavy (non-hydrogen) atoms. The lowest BCUT2D eigenvalue weighted by Crippen LogP contribution is -2.56. The van der Waals surface area contributed by atoms with Gasteiger partial charge in [0.2, 0.25) is 0 Å². The molecule has 2 heterocycles. The second kappa shape index (κ2) is 7.29. The molecule has 0 radical (unpaired) electrons. The maximum absolute atomic E-state index is 11.1. The van der Waals surface area contributed by atoms with Crippen LogP contribution in [-0.4, -0.2) is 73.0 Å². The Morgan fingerprint density at radius 3 is 2.82 bits per heavy atom. The van der Waals surface area contributed by atoms with Crippen LogP contribution in [-0.2, 0) is 4.74 Å². The average Bonchev–Trinajstić information content (AvgIpc) is 2.57. The van der Waals surface area contributed by atoms with E-state index < -0.39 is 5.60 Å². The molecule has 3 rings (SSSR count). The largest absolute Gasteiger partial charge is 0.385 e. The van der Waals surface area contributed by atoms with Gasteiger partial charge in [0.1, 0.15) is 0 Å². The number of ether oxygens (including phenoxy) is 1. The highest BCUT2D eigenvalue weighted by Gasteiger charge is 2.45. The Balaban J connectivity index is 1.62. The molecule has 4 heteroatoms. The molecular formula is C18H30N2O2. The monoisotopic (exact) mass is 306 g/mol. The maximum Gasteiger partial charge on any atom is 0.0955 e. The zero-order valence-corrected chi connectivity index (χ0v) is 13.8. The van der Waals surface area contributed by atoms with Gasteiger partial charge < -0.3 is 14.7 Å². The van der Waals surface area contributed by atoms with E-state index in [1.54, 1.807) is 0 Å². The van der Waals surface area contributed by atoms with Gasteiger partial charge in [0.25, 0.3) is 0 Å². The summed E-state index contributed by atoms with van der Waals surface area (Å²) in [6, 6.07) is 0.546. The van der Waals surface area contributed by atoms with Crippen LogP contribution in [0.3, 0.4) is 0 Å².